The molecule has 2 aliphatic rings. The molecule has 0 bridgehead atoms. The van der Waals surface area contributed by atoms with Crippen LogP contribution in [0, 0.1) is 0 Å². The van der Waals surface area contributed by atoms with Crippen LogP contribution in [0.5, 0.6) is 0 Å². The van der Waals surface area contributed by atoms with Crippen LogP contribution < -0.4 is 4.90 Å². The summed E-state index contributed by atoms with van der Waals surface area (Å²) < 4.78 is 11.1. The van der Waals surface area contributed by atoms with E-state index in [0.29, 0.717) is 11.1 Å². The molecular weight excluding hydrogens is 380 g/mol. The molecule has 0 radical (unpaired) electrons. The first-order chi connectivity index (χ1) is 14.7. The molecule has 2 fully saturated rings. The second kappa shape index (κ2) is 9.87. The first-order valence-electron chi connectivity index (χ1n) is 10.8. The van der Waals surface area contributed by atoms with Crippen LogP contribution in [0.1, 0.15) is 40.4 Å². The Morgan fingerprint density at radius 3 is 2.30 bits per heavy atom. The summed E-state index contributed by atoms with van der Waals surface area (Å²) >= 11 is 0. The van der Waals surface area contributed by atoms with E-state index < -0.39 is 12.1 Å². The van der Waals surface area contributed by atoms with Crippen molar-refractivity contribution in [3.63, 3.8) is 0 Å². The summed E-state index contributed by atoms with van der Waals surface area (Å²) in [6, 6.07) is 16.8. The second-order valence-corrected chi connectivity index (χ2v) is 7.96. The summed E-state index contributed by atoms with van der Waals surface area (Å²) in [5, 5.41) is 0. The largest absolute Gasteiger partial charge is 0.444 e. The number of nitrogens with zero attached hydrogens (tertiary/aromatic N) is 1. The molecule has 0 unspecified atom stereocenters. The highest BCUT2D eigenvalue weighted by molar-refractivity contribution is 5.92. The van der Waals surface area contributed by atoms with Gasteiger partial charge in [0.15, 0.2) is 0 Å². The zero-order chi connectivity index (χ0) is 20.8. The summed E-state index contributed by atoms with van der Waals surface area (Å²) in [4.78, 5) is 29.1. The van der Waals surface area contributed by atoms with Gasteiger partial charge in [-0.05, 0) is 25.0 Å². The molecule has 1 N–H and O–H groups in total. The van der Waals surface area contributed by atoms with Gasteiger partial charge in [-0.15, -0.1) is 0 Å². The highest BCUT2D eigenvalue weighted by Crippen LogP contribution is 2.24. The molecule has 1 atom stereocenters. The topological polar surface area (TPSA) is 60.3 Å². The number of quaternary nitrogens is 1. The van der Waals surface area contributed by atoms with Crippen LogP contribution in [0.2, 0.25) is 0 Å². The van der Waals surface area contributed by atoms with E-state index in [9.17, 15) is 9.59 Å². The Labute approximate surface area is 177 Å². The molecule has 0 aromatic heterocycles. The molecule has 2 aromatic rings. The predicted octanol–water partition coefficient (Wildman–Crippen LogP) is 1.62. The maximum absolute atomic E-state index is 13.0. The minimum Gasteiger partial charge on any atom is -0.444 e. The Balaban J connectivity index is 1.44. The highest BCUT2D eigenvalue weighted by Gasteiger charge is 2.31. The molecule has 2 aliphatic heterocycles. The van der Waals surface area contributed by atoms with Gasteiger partial charge in [0.2, 0.25) is 6.10 Å². The number of morpholine rings is 1. The van der Waals surface area contributed by atoms with E-state index in [4.69, 9.17) is 9.47 Å². The van der Waals surface area contributed by atoms with Crippen LogP contribution in [-0.2, 0) is 20.8 Å². The molecule has 2 saturated heterocycles. The molecule has 158 valence electrons. The first kappa shape index (κ1) is 20.6. The van der Waals surface area contributed by atoms with Crippen LogP contribution >= 0.6 is 0 Å². The van der Waals surface area contributed by atoms with Gasteiger partial charge in [0.05, 0.1) is 18.8 Å². The number of carbonyl (C=O) groups is 2. The van der Waals surface area contributed by atoms with Gasteiger partial charge in [0.25, 0.3) is 5.91 Å². The monoisotopic (exact) mass is 409 g/mol. The molecule has 0 spiro atoms. The average Bonchev–Trinajstić information content (AvgIpc) is 3.34. The molecule has 1 amide bonds. The molecule has 6 heteroatoms. The van der Waals surface area contributed by atoms with E-state index >= 15 is 0 Å². The summed E-state index contributed by atoms with van der Waals surface area (Å²) in [5.41, 5.74) is 2.34. The van der Waals surface area contributed by atoms with E-state index in [1.807, 2.05) is 42.5 Å². The number of esters is 1. The minimum absolute atomic E-state index is 0.139. The Bertz CT molecular complexity index is 841. The van der Waals surface area contributed by atoms with Crippen LogP contribution in [0.3, 0.4) is 0 Å². The smallest absolute Gasteiger partial charge is 0.339 e. The summed E-state index contributed by atoms with van der Waals surface area (Å²) in [6.45, 7) is 5.95. The molecule has 2 aromatic carbocycles. The molecule has 6 nitrogen and oxygen atoms in total. The van der Waals surface area contributed by atoms with Gasteiger partial charge in [-0.3, -0.25) is 4.79 Å². The van der Waals surface area contributed by atoms with Crippen molar-refractivity contribution in [2.45, 2.75) is 25.5 Å². The Morgan fingerprint density at radius 1 is 0.967 bits per heavy atom. The van der Waals surface area contributed by atoms with Crippen molar-refractivity contribution < 1.29 is 24.0 Å². The summed E-state index contributed by atoms with van der Waals surface area (Å²) in [6.07, 6.45) is 1.08. The van der Waals surface area contributed by atoms with Gasteiger partial charge >= 0.3 is 5.97 Å². The fraction of sp³-hybridized carbons (Fsp3) is 0.417. The predicted molar refractivity (Wildman–Crippen MR) is 112 cm³/mol. The minimum atomic E-state index is -0.908. The van der Waals surface area contributed by atoms with Gasteiger partial charge in [-0.25, -0.2) is 4.79 Å². The number of ether oxygens (including phenoxy) is 2. The van der Waals surface area contributed by atoms with Gasteiger partial charge in [0.1, 0.15) is 19.6 Å². The van der Waals surface area contributed by atoms with E-state index in [0.717, 1.165) is 58.8 Å². The van der Waals surface area contributed by atoms with Gasteiger partial charge in [0, 0.05) is 24.2 Å². The van der Waals surface area contributed by atoms with Crippen molar-refractivity contribution in [3.05, 3.63) is 71.3 Å². The van der Waals surface area contributed by atoms with E-state index in [2.05, 4.69) is 0 Å². The summed E-state index contributed by atoms with van der Waals surface area (Å²) in [7, 11) is 0. The fourth-order valence-electron chi connectivity index (χ4n) is 4.05. The number of likely N-dealkylation sites (tertiary alicyclic amines) is 1. The third-order valence-electron chi connectivity index (χ3n) is 5.81. The molecule has 2 heterocycles. The standard InChI is InChI=1S/C24H28N2O4/c27-23(26-12-4-5-13-26)22(20-6-2-1-3-7-20)30-24(28)21-10-8-19(9-11-21)18-25-14-16-29-17-15-25/h1-3,6-11,22H,4-5,12-18H2/p+1/t22-/m1/s1. The quantitative estimate of drug-likeness (QED) is 0.737. The van der Waals surface area contributed by atoms with Gasteiger partial charge < -0.3 is 19.3 Å². The molecule has 30 heavy (non-hydrogen) atoms. The molecular formula is C24H29N2O4+. The number of nitrogens with one attached hydrogen (secondary N) is 1. The average molecular weight is 410 g/mol. The third-order valence-corrected chi connectivity index (χ3v) is 5.81. The SMILES string of the molecule is O=C(O[C@@H](C(=O)N1CCCC1)c1ccccc1)c1ccc(C[NH+]2CCOCC2)cc1. The fourth-order valence-corrected chi connectivity index (χ4v) is 4.05. The van der Waals surface area contributed by atoms with Gasteiger partial charge in [-0.2, -0.15) is 0 Å². The van der Waals surface area contributed by atoms with E-state index in [1.165, 1.54) is 10.5 Å². The third kappa shape index (κ3) is 5.07. The first-order valence-corrected chi connectivity index (χ1v) is 10.8. The number of benzene rings is 2. The summed E-state index contributed by atoms with van der Waals surface area (Å²) in [5.74, 6) is -0.610. The lowest BCUT2D eigenvalue weighted by Crippen LogP contribution is -3.12. The normalized spacial score (nSPS) is 18.2. The number of rotatable bonds is 6. The number of amides is 1. The van der Waals surface area contributed by atoms with Crippen LogP contribution in [-0.4, -0.2) is 56.2 Å². The van der Waals surface area contributed by atoms with Crippen molar-refractivity contribution >= 4 is 11.9 Å². The lowest BCUT2D eigenvalue weighted by atomic mass is 10.1. The zero-order valence-corrected chi connectivity index (χ0v) is 17.2. The maximum atomic E-state index is 13.0. The maximum Gasteiger partial charge on any atom is 0.339 e. The lowest BCUT2D eigenvalue weighted by Gasteiger charge is -2.24. The Hall–Kier alpha value is -2.70. The zero-order valence-electron chi connectivity index (χ0n) is 17.2. The van der Waals surface area contributed by atoms with Crippen molar-refractivity contribution in [2.24, 2.45) is 0 Å². The second-order valence-electron chi connectivity index (χ2n) is 7.96. The van der Waals surface area contributed by atoms with Gasteiger partial charge in [-0.1, -0.05) is 42.5 Å². The lowest BCUT2D eigenvalue weighted by molar-refractivity contribution is -0.921. The van der Waals surface area contributed by atoms with Crippen molar-refractivity contribution in [3.8, 4) is 0 Å². The molecule has 4 rings (SSSR count). The van der Waals surface area contributed by atoms with Crippen molar-refractivity contribution in [2.75, 3.05) is 39.4 Å². The van der Waals surface area contributed by atoms with Crippen molar-refractivity contribution in [1.82, 2.24) is 4.90 Å². The Morgan fingerprint density at radius 2 is 1.63 bits per heavy atom. The van der Waals surface area contributed by atoms with E-state index in [1.54, 1.807) is 17.0 Å². The number of hydrogen-bond donors (Lipinski definition) is 1. The van der Waals surface area contributed by atoms with E-state index in [-0.39, 0.29) is 5.91 Å². The van der Waals surface area contributed by atoms with Crippen LogP contribution in [0.4, 0.5) is 0 Å². The molecule has 0 aliphatic carbocycles. The van der Waals surface area contributed by atoms with Crippen molar-refractivity contribution in [1.29, 1.82) is 0 Å². The van der Waals surface area contributed by atoms with Crippen LogP contribution in [0.15, 0.2) is 54.6 Å². The number of carbonyl (C=O) groups excluding carboxylic acids is 2. The number of hydrogen-bond acceptors (Lipinski definition) is 4. The highest BCUT2D eigenvalue weighted by atomic mass is 16.5. The van der Waals surface area contributed by atoms with Crippen LogP contribution in [0.25, 0.3) is 0 Å². The molecule has 0 saturated carbocycles. The Kier molecular flexibility index (Phi) is 6.77.